The Morgan fingerprint density at radius 3 is 2.18 bits per heavy atom. The van der Waals surface area contributed by atoms with Gasteiger partial charge in [0, 0.05) is 5.92 Å². The fourth-order valence-electron chi connectivity index (χ4n) is 4.07. The van der Waals surface area contributed by atoms with Crippen molar-refractivity contribution in [2.24, 2.45) is 0 Å². The van der Waals surface area contributed by atoms with Crippen LogP contribution in [0.15, 0.2) is 66.7 Å². The quantitative estimate of drug-likeness (QED) is 0.517. The van der Waals surface area contributed by atoms with Crippen molar-refractivity contribution in [2.45, 2.75) is 25.8 Å². The maximum Gasteiger partial charge on any atom is 0.407 e. The predicted molar refractivity (Wildman–Crippen MR) is 124 cm³/mol. The molecule has 1 atom stereocenters. The molecular formula is C26H24N2O5. The Labute approximate surface area is 191 Å². The number of carbonyl (C=O) groups is 3. The number of alkyl carbamates (subject to hydrolysis) is 1. The van der Waals surface area contributed by atoms with Crippen LogP contribution in [0, 0.1) is 6.92 Å². The van der Waals surface area contributed by atoms with Gasteiger partial charge in [0.05, 0.1) is 11.3 Å². The van der Waals surface area contributed by atoms with Gasteiger partial charge in [-0.2, -0.15) is 0 Å². The first kappa shape index (κ1) is 22.1. The minimum atomic E-state index is -1.15. The first-order chi connectivity index (χ1) is 15.8. The van der Waals surface area contributed by atoms with E-state index < -0.39 is 24.0 Å². The van der Waals surface area contributed by atoms with E-state index in [1.807, 2.05) is 36.4 Å². The van der Waals surface area contributed by atoms with Crippen LogP contribution in [0.5, 0.6) is 0 Å². The Morgan fingerprint density at radius 2 is 1.58 bits per heavy atom. The standard InChI is InChI=1S/C26H24N2O5/c1-15-11-12-23(21(13-15)25(30)31)28-24(29)16(2)27-26(32)33-14-22-19-9-5-3-7-17(19)18-8-4-6-10-20(18)22/h3-13,16,22H,14H2,1-2H3,(H,27,32)(H,28,29)(H,30,31)/t16-/m0/s1. The van der Waals surface area contributed by atoms with Gasteiger partial charge in [-0.3, -0.25) is 4.79 Å². The maximum absolute atomic E-state index is 12.5. The van der Waals surface area contributed by atoms with E-state index in [-0.39, 0.29) is 23.8 Å². The topological polar surface area (TPSA) is 105 Å². The summed E-state index contributed by atoms with van der Waals surface area (Å²) in [4.78, 5) is 36.4. The van der Waals surface area contributed by atoms with E-state index in [4.69, 9.17) is 4.74 Å². The van der Waals surface area contributed by atoms with Crippen molar-refractivity contribution in [1.29, 1.82) is 0 Å². The smallest absolute Gasteiger partial charge is 0.407 e. The molecule has 168 valence electrons. The Balaban J connectivity index is 1.38. The van der Waals surface area contributed by atoms with Gasteiger partial charge in [0.2, 0.25) is 5.91 Å². The number of hydrogen-bond acceptors (Lipinski definition) is 4. The van der Waals surface area contributed by atoms with E-state index >= 15 is 0 Å². The van der Waals surface area contributed by atoms with Crippen LogP contribution in [0.25, 0.3) is 11.1 Å². The van der Waals surface area contributed by atoms with Gasteiger partial charge in [-0.1, -0.05) is 60.2 Å². The predicted octanol–water partition coefficient (Wildman–Crippen LogP) is 4.56. The molecule has 0 fully saturated rings. The molecule has 3 aromatic rings. The molecule has 7 nitrogen and oxygen atoms in total. The van der Waals surface area contributed by atoms with Crippen molar-refractivity contribution >= 4 is 23.7 Å². The zero-order valence-electron chi connectivity index (χ0n) is 18.3. The summed E-state index contributed by atoms with van der Waals surface area (Å²) in [5, 5.41) is 14.4. The number of benzene rings is 3. The molecule has 33 heavy (non-hydrogen) atoms. The van der Waals surface area contributed by atoms with E-state index in [9.17, 15) is 19.5 Å². The van der Waals surface area contributed by atoms with E-state index in [1.54, 1.807) is 13.0 Å². The Kier molecular flexibility index (Phi) is 6.13. The zero-order valence-corrected chi connectivity index (χ0v) is 18.3. The average molecular weight is 444 g/mol. The van der Waals surface area contributed by atoms with Crippen molar-refractivity contribution in [3.05, 3.63) is 89.0 Å². The Morgan fingerprint density at radius 1 is 0.970 bits per heavy atom. The van der Waals surface area contributed by atoms with Gasteiger partial charge in [-0.15, -0.1) is 0 Å². The fourth-order valence-corrected chi connectivity index (χ4v) is 4.07. The van der Waals surface area contributed by atoms with Gasteiger partial charge in [-0.25, -0.2) is 9.59 Å². The highest BCUT2D eigenvalue weighted by Gasteiger charge is 2.29. The molecular weight excluding hydrogens is 420 g/mol. The number of rotatable bonds is 6. The lowest BCUT2D eigenvalue weighted by Gasteiger charge is -2.17. The summed E-state index contributed by atoms with van der Waals surface area (Å²) >= 11 is 0. The highest BCUT2D eigenvalue weighted by molar-refractivity contribution is 6.02. The number of carbonyl (C=O) groups excluding carboxylic acids is 2. The fraction of sp³-hybridized carbons (Fsp3) is 0.192. The van der Waals surface area contributed by atoms with Crippen molar-refractivity contribution in [3.8, 4) is 11.1 Å². The second kappa shape index (κ2) is 9.16. The van der Waals surface area contributed by atoms with Gasteiger partial charge < -0.3 is 20.5 Å². The van der Waals surface area contributed by atoms with Gasteiger partial charge in [-0.05, 0) is 48.2 Å². The molecule has 1 aliphatic rings. The number of ether oxygens (including phenoxy) is 1. The number of aryl methyl sites for hydroxylation is 1. The van der Waals surface area contributed by atoms with Gasteiger partial charge in [0.25, 0.3) is 0 Å². The summed E-state index contributed by atoms with van der Waals surface area (Å²) in [5.74, 6) is -1.78. The highest BCUT2D eigenvalue weighted by atomic mass is 16.5. The molecule has 4 rings (SSSR count). The van der Waals surface area contributed by atoms with E-state index in [1.165, 1.54) is 19.1 Å². The highest BCUT2D eigenvalue weighted by Crippen LogP contribution is 2.44. The molecule has 0 saturated heterocycles. The Bertz CT molecular complexity index is 1190. The number of carboxylic acid groups (broad SMARTS) is 1. The minimum absolute atomic E-state index is 0.0170. The second-order valence-corrected chi connectivity index (χ2v) is 8.04. The summed E-state index contributed by atoms with van der Waals surface area (Å²) in [5.41, 5.74) is 5.35. The van der Waals surface area contributed by atoms with Gasteiger partial charge in [0.1, 0.15) is 12.6 Å². The van der Waals surface area contributed by atoms with Crippen LogP contribution in [0.1, 0.15) is 39.9 Å². The van der Waals surface area contributed by atoms with Crippen LogP contribution in [-0.2, 0) is 9.53 Å². The molecule has 7 heteroatoms. The van der Waals surface area contributed by atoms with Crippen molar-refractivity contribution in [1.82, 2.24) is 5.32 Å². The normalized spacial score (nSPS) is 12.9. The third kappa shape index (κ3) is 4.57. The third-order valence-electron chi connectivity index (χ3n) is 5.73. The van der Waals surface area contributed by atoms with E-state index in [2.05, 4.69) is 22.8 Å². The Hall–Kier alpha value is -4.13. The van der Waals surface area contributed by atoms with E-state index in [0.717, 1.165) is 27.8 Å². The lowest BCUT2D eigenvalue weighted by atomic mass is 9.98. The summed E-state index contributed by atoms with van der Waals surface area (Å²) in [6, 6.07) is 19.8. The number of carboxylic acids is 1. The molecule has 2 amide bonds. The van der Waals surface area contributed by atoms with Crippen molar-refractivity contribution < 1.29 is 24.2 Å². The summed E-state index contributed by atoms with van der Waals surface area (Å²) < 4.78 is 5.46. The monoisotopic (exact) mass is 444 g/mol. The van der Waals surface area contributed by atoms with Gasteiger partial charge in [0.15, 0.2) is 0 Å². The number of anilines is 1. The van der Waals surface area contributed by atoms with Crippen molar-refractivity contribution in [2.75, 3.05) is 11.9 Å². The SMILES string of the molecule is Cc1ccc(NC(=O)[C@H](C)NC(=O)OCC2c3ccccc3-c3ccccc32)c(C(=O)O)c1. The number of nitrogens with one attached hydrogen (secondary N) is 2. The van der Waals surface area contributed by atoms with Crippen molar-refractivity contribution in [3.63, 3.8) is 0 Å². The maximum atomic E-state index is 12.5. The molecule has 0 radical (unpaired) electrons. The molecule has 0 bridgehead atoms. The largest absolute Gasteiger partial charge is 0.478 e. The molecule has 0 heterocycles. The minimum Gasteiger partial charge on any atom is -0.478 e. The first-order valence-electron chi connectivity index (χ1n) is 10.6. The molecule has 0 aliphatic heterocycles. The molecule has 0 unspecified atom stereocenters. The first-order valence-corrected chi connectivity index (χ1v) is 10.6. The third-order valence-corrected chi connectivity index (χ3v) is 5.73. The summed E-state index contributed by atoms with van der Waals surface area (Å²) in [6.45, 7) is 3.40. The summed E-state index contributed by atoms with van der Waals surface area (Å²) in [6.07, 6.45) is -0.720. The lowest BCUT2D eigenvalue weighted by molar-refractivity contribution is -0.117. The second-order valence-electron chi connectivity index (χ2n) is 8.04. The van der Waals surface area contributed by atoms with Crippen LogP contribution >= 0.6 is 0 Å². The van der Waals surface area contributed by atoms with Crippen LogP contribution < -0.4 is 10.6 Å². The van der Waals surface area contributed by atoms with Crippen LogP contribution in [0.2, 0.25) is 0 Å². The lowest BCUT2D eigenvalue weighted by Crippen LogP contribution is -2.42. The molecule has 1 aliphatic carbocycles. The van der Waals surface area contributed by atoms with Crippen LogP contribution in [0.4, 0.5) is 10.5 Å². The molecule has 3 aromatic carbocycles. The summed E-state index contributed by atoms with van der Waals surface area (Å²) in [7, 11) is 0. The van der Waals surface area contributed by atoms with Gasteiger partial charge >= 0.3 is 12.1 Å². The number of hydrogen-bond donors (Lipinski definition) is 3. The number of aromatic carboxylic acids is 1. The van der Waals surface area contributed by atoms with Crippen LogP contribution in [0.3, 0.4) is 0 Å². The zero-order chi connectivity index (χ0) is 23.5. The molecule has 3 N–H and O–H groups in total. The molecule has 0 spiro atoms. The average Bonchev–Trinajstić information content (AvgIpc) is 3.12. The molecule has 0 saturated carbocycles. The number of fused-ring (bicyclic) bond motifs is 3. The number of amides is 2. The molecule has 0 aromatic heterocycles. The van der Waals surface area contributed by atoms with E-state index in [0.29, 0.717) is 0 Å². The van der Waals surface area contributed by atoms with Crippen LogP contribution in [-0.4, -0.2) is 35.7 Å².